The van der Waals surface area contributed by atoms with Gasteiger partial charge in [0.25, 0.3) is 5.56 Å². The highest BCUT2D eigenvalue weighted by molar-refractivity contribution is 5.69. The van der Waals surface area contributed by atoms with Gasteiger partial charge in [-0.1, -0.05) is 6.07 Å². The summed E-state index contributed by atoms with van der Waals surface area (Å²) in [6.07, 6.45) is 4.74. The molecule has 0 unspecified atom stereocenters. The van der Waals surface area contributed by atoms with Crippen molar-refractivity contribution in [3.05, 3.63) is 52.8 Å². The molecule has 0 spiro atoms. The highest BCUT2D eigenvalue weighted by Gasteiger charge is 2.30. The van der Waals surface area contributed by atoms with Crippen molar-refractivity contribution in [1.29, 1.82) is 0 Å². The normalized spacial score (nSPS) is 19.6. The van der Waals surface area contributed by atoms with Gasteiger partial charge >= 0.3 is 5.97 Å². The Balaban J connectivity index is 1.76. The Kier molecular flexibility index (Phi) is 5.39. The van der Waals surface area contributed by atoms with E-state index < -0.39 is 5.97 Å². The minimum Gasteiger partial charge on any atom is -0.465 e. The minimum atomic E-state index is -0.448. The van der Waals surface area contributed by atoms with E-state index in [0.29, 0.717) is 6.54 Å². The van der Waals surface area contributed by atoms with Gasteiger partial charge in [0.2, 0.25) is 0 Å². The van der Waals surface area contributed by atoms with Gasteiger partial charge in [-0.3, -0.25) is 19.1 Å². The van der Waals surface area contributed by atoms with Crippen molar-refractivity contribution in [2.24, 2.45) is 0 Å². The molecule has 8 nitrogen and oxygen atoms in total. The summed E-state index contributed by atoms with van der Waals surface area (Å²) in [4.78, 5) is 32.7. The first kappa shape index (κ1) is 17.1. The van der Waals surface area contributed by atoms with Crippen LogP contribution in [0.25, 0.3) is 0 Å². The molecule has 0 bridgehead atoms. The lowest BCUT2D eigenvalue weighted by Crippen LogP contribution is -2.34. The van der Waals surface area contributed by atoms with E-state index in [2.05, 4.69) is 20.6 Å². The SMILES string of the molecule is CCOC(=O)Cn1ccnc(N[C@@H]2CNC[C@H]2c2ccccn2)c1=O. The van der Waals surface area contributed by atoms with Crippen molar-refractivity contribution < 1.29 is 9.53 Å². The zero-order valence-electron chi connectivity index (χ0n) is 14.0. The summed E-state index contributed by atoms with van der Waals surface area (Å²) >= 11 is 0. The van der Waals surface area contributed by atoms with Crippen LogP contribution in [0.5, 0.6) is 0 Å². The standard InChI is InChI=1S/C17H21N5O3/c1-2-25-15(23)11-22-8-7-20-16(17(22)24)21-14-10-18-9-12(14)13-5-3-4-6-19-13/h3-8,12,14,18H,2,9-11H2,1H3,(H,20,21)/t12-,14+/m0/s1. The Morgan fingerprint density at radius 2 is 2.24 bits per heavy atom. The van der Waals surface area contributed by atoms with E-state index in [9.17, 15) is 9.59 Å². The number of nitrogens with one attached hydrogen (secondary N) is 2. The van der Waals surface area contributed by atoms with Crippen LogP contribution in [-0.2, 0) is 16.1 Å². The first-order valence-electron chi connectivity index (χ1n) is 8.28. The third-order valence-corrected chi connectivity index (χ3v) is 4.12. The molecule has 8 heteroatoms. The number of carbonyl (C=O) groups excluding carboxylic acids is 1. The molecule has 2 aromatic heterocycles. The van der Waals surface area contributed by atoms with Crippen LogP contribution >= 0.6 is 0 Å². The Morgan fingerprint density at radius 3 is 3.00 bits per heavy atom. The van der Waals surface area contributed by atoms with Crippen molar-refractivity contribution in [1.82, 2.24) is 19.9 Å². The molecule has 2 aromatic rings. The Morgan fingerprint density at radius 1 is 1.36 bits per heavy atom. The van der Waals surface area contributed by atoms with Crippen LogP contribution in [0.1, 0.15) is 18.5 Å². The molecule has 1 aliphatic heterocycles. The number of hydrogen-bond donors (Lipinski definition) is 2. The van der Waals surface area contributed by atoms with Crippen LogP contribution in [0.3, 0.4) is 0 Å². The molecule has 3 heterocycles. The number of esters is 1. The summed E-state index contributed by atoms with van der Waals surface area (Å²) in [6, 6.07) is 5.80. The first-order chi connectivity index (χ1) is 12.2. The van der Waals surface area contributed by atoms with Gasteiger partial charge in [0.05, 0.1) is 6.61 Å². The predicted octanol–water partition coefficient (Wildman–Crippen LogP) is 0.369. The van der Waals surface area contributed by atoms with Crippen LogP contribution in [0.15, 0.2) is 41.6 Å². The molecule has 0 radical (unpaired) electrons. The molecule has 1 fully saturated rings. The molecule has 132 valence electrons. The van der Waals surface area contributed by atoms with Gasteiger partial charge in [0.15, 0.2) is 5.82 Å². The summed E-state index contributed by atoms with van der Waals surface area (Å²) in [6.45, 7) is 3.36. The number of aromatic nitrogens is 3. The summed E-state index contributed by atoms with van der Waals surface area (Å²) < 4.78 is 6.19. The van der Waals surface area contributed by atoms with E-state index in [4.69, 9.17) is 4.74 Å². The number of rotatable bonds is 6. The molecule has 0 amide bonds. The Hall–Kier alpha value is -2.74. The van der Waals surface area contributed by atoms with Crippen LogP contribution in [0.4, 0.5) is 5.82 Å². The highest BCUT2D eigenvalue weighted by atomic mass is 16.5. The smallest absolute Gasteiger partial charge is 0.326 e. The molecular weight excluding hydrogens is 322 g/mol. The maximum Gasteiger partial charge on any atom is 0.326 e. The fourth-order valence-corrected chi connectivity index (χ4v) is 2.93. The van der Waals surface area contributed by atoms with Crippen molar-refractivity contribution in [2.75, 3.05) is 25.0 Å². The van der Waals surface area contributed by atoms with Gasteiger partial charge in [-0.25, -0.2) is 4.98 Å². The summed E-state index contributed by atoms with van der Waals surface area (Å²) in [5, 5.41) is 6.52. The summed E-state index contributed by atoms with van der Waals surface area (Å²) in [5.74, 6) is -0.0850. The average Bonchev–Trinajstić information content (AvgIpc) is 3.08. The number of nitrogens with zero attached hydrogens (tertiary/aromatic N) is 3. The van der Waals surface area contributed by atoms with Crippen molar-refractivity contribution in [3.8, 4) is 0 Å². The van der Waals surface area contributed by atoms with E-state index >= 15 is 0 Å². The first-order valence-corrected chi connectivity index (χ1v) is 8.28. The van der Waals surface area contributed by atoms with E-state index in [1.807, 2.05) is 18.2 Å². The monoisotopic (exact) mass is 343 g/mol. The molecule has 1 aliphatic rings. The minimum absolute atomic E-state index is 0.00598. The summed E-state index contributed by atoms with van der Waals surface area (Å²) in [5.41, 5.74) is 0.620. The second kappa shape index (κ2) is 7.89. The maximum absolute atomic E-state index is 12.5. The van der Waals surface area contributed by atoms with Crippen LogP contribution in [-0.4, -0.2) is 46.2 Å². The van der Waals surface area contributed by atoms with Crippen molar-refractivity contribution in [2.45, 2.75) is 25.4 Å². The largest absolute Gasteiger partial charge is 0.465 e. The molecular formula is C17H21N5O3. The molecule has 0 aromatic carbocycles. The lowest BCUT2D eigenvalue weighted by Gasteiger charge is -2.20. The number of ether oxygens (including phenoxy) is 1. The van der Waals surface area contributed by atoms with E-state index in [1.165, 1.54) is 17.0 Å². The van der Waals surface area contributed by atoms with E-state index in [-0.39, 0.29) is 36.5 Å². The lowest BCUT2D eigenvalue weighted by atomic mass is 9.99. The number of anilines is 1. The zero-order chi connectivity index (χ0) is 17.6. The average molecular weight is 343 g/mol. The predicted molar refractivity (Wildman–Crippen MR) is 92.4 cm³/mol. The van der Waals surface area contributed by atoms with Crippen LogP contribution < -0.4 is 16.2 Å². The van der Waals surface area contributed by atoms with E-state index in [1.54, 1.807) is 13.1 Å². The van der Waals surface area contributed by atoms with Gasteiger partial charge in [-0.15, -0.1) is 0 Å². The van der Waals surface area contributed by atoms with Crippen LogP contribution in [0, 0.1) is 0 Å². The Labute approximate surface area is 145 Å². The number of carbonyl (C=O) groups is 1. The quantitative estimate of drug-likeness (QED) is 0.731. The lowest BCUT2D eigenvalue weighted by molar-refractivity contribution is -0.143. The van der Waals surface area contributed by atoms with Gasteiger partial charge in [0.1, 0.15) is 6.54 Å². The van der Waals surface area contributed by atoms with E-state index in [0.717, 1.165) is 12.2 Å². The molecule has 2 N–H and O–H groups in total. The van der Waals surface area contributed by atoms with Crippen LogP contribution in [0.2, 0.25) is 0 Å². The van der Waals surface area contributed by atoms with Gasteiger partial charge < -0.3 is 15.4 Å². The molecule has 3 rings (SSSR count). The molecule has 2 atom stereocenters. The number of pyridine rings is 1. The van der Waals surface area contributed by atoms with Gasteiger partial charge in [0, 0.05) is 49.3 Å². The fourth-order valence-electron chi connectivity index (χ4n) is 2.93. The molecule has 0 aliphatic carbocycles. The fraction of sp³-hybridized carbons (Fsp3) is 0.412. The molecule has 1 saturated heterocycles. The van der Waals surface area contributed by atoms with Gasteiger partial charge in [-0.05, 0) is 19.1 Å². The molecule has 25 heavy (non-hydrogen) atoms. The number of hydrogen-bond acceptors (Lipinski definition) is 7. The highest BCUT2D eigenvalue weighted by Crippen LogP contribution is 2.22. The second-order valence-corrected chi connectivity index (χ2v) is 5.78. The third kappa shape index (κ3) is 4.03. The zero-order valence-corrected chi connectivity index (χ0v) is 14.0. The molecule has 0 saturated carbocycles. The Bertz CT molecular complexity index is 777. The third-order valence-electron chi connectivity index (χ3n) is 4.12. The summed E-state index contributed by atoms with van der Waals surface area (Å²) in [7, 11) is 0. The van der Waals surface area contributed by atoms with Gasteiger partial charge in [-0.2, -0.15) is 0 Å². The second-order valence-electron chi connectivity index (χ2n) is 5.78. The maximum atomic E-state index is 12.5. The van der Waals surface area contributed by atoms with Crippen molar-refractivity contribution in [3.63, 3.8) is 0 Å². The van der Waals surface area contributed by atoms with Crippen molar-refractivity contribution >= 4 is 11.8 Å². The topological polar surface area (TPSA) is 98.1 Å².